The Morgan fingerprint density at radius 3 is 2.52 bits per heavy atom. The molecule has 1 aliphatic heterocycles. The first kappa shape index (κ1) is 13.5. The van der Waals surface area contributed by atoms with Gasteiger partial charge in [0.05, 0.1) is 11.4 Å². The average Bonchev–Trinajstić information content (AvgIpc) is 2.54. The minimum Gasteiger partial charge on any atom is -0.382 e. The van der Waals surface area contributed by atoms with Crippen molar-refractivity contribution in [1.29, 1.82) is 0 Å². The van der Waals surface area contributed by atoms with E-state index in [9.17, 15) is 4.79 Å². The van der Waals surface area contributed by atoms with E-state index in [1.807, 2.05) is 55.6 Å². The Hall–Kier alpha value is -2.49. The van der Waals surface area contributed by atoms with Crippen molar-refractivity contribution in [2.24, 2.45) is 0 Å². The molecule has 0 spiro atoms. The van der Waals surface area contributed by atoms with Gasteiger partial charge in [-0.25, -0.2) is 0 Å². The van der Waals surface area contributed by atoms with Crippen LogP contribution >= 0.6 is 0 Å². The Labute approximate surface area is 124 Å². The third-order valence-electron chi connectivity index (χ3n) is 3.63. The van der Waals surface area contributed by atoms with Crippen molar-refractivity contribution in [2.45, 2.75) is 6.54 Å². The van der Waals surface area contributed by atoms with Crippen LogP contribution in [0.2, 0.25) is 0 Å². The van der Waals surface area contributed by atoms with Crippen LogP contribution in [0.15, 0.2) is 48.5 Å². The molecule has 1 heterocycles. The molecule has 0 saturated heterocycles. The molecule has 2 aromatic rings. The highest BCUT2D eigenvalue weighted by atomic mass is 16.2. The van der Waals surface area contributed by atoms with Crippen molar-refractivity contribution in [3.05, 3.63) is 59.7 Å². The Balaban J connectivity index is 1.75. The highest BCUT2D eigenvalue weighted by Crippen LogP contribution is 2.25. The maximum atomic E-state index is 12.5. The van der Waals surface area contributed by atoms with E-state index in [4.69, 9.17) is 0 Å². The highest BCUT2D eigenvalue weighted by Gasteiger charge is 2.15. The van der Waals surface area contributed by atoms with Gasteiger partial charge in [0.15, 0.2) is 0 Å². The van der Waals surface area contributed by atoms with Gasteiger partial charge in [-0.1, -0.05) is 30.3 Å². The standard InChI is InChI=1S/C17H19N3O/c1-20(12-13-5-3-2-4-6-13)17(21)14-7-8-15-16(11-14)19-10-9-18-15/h2-8,11,18-19H,9-10,12H2,1H3. The van der Waals surface area contributed by atoms with Crippen molar-refractivity contribution >= 4 is 17.3 Å². The van der Waals surface area contributed by atoms with E-state index in [0.29, 0.717) is 12.1 Å². The lowest BCUT2D eigenvalue weighted by Crippen LogP contribution is -2.27. The lowest BCUT2D eigenvalue weighted by molar-refractivity contribution is 0.0785. The summed E-state index contributed by atoms with van der Waals surface area (Å²) in [6.45, 7) is 2.40. The van der Waals surface area contributed by atoms with Crippen LogP contribution in [-0.4, -0.2) is 30.9 Å². The second kappa shape index (κ2) is 5.87. The predicted octanol–water partition coefficient (Wildman–Crippen LogP) is 2.80. The molecular weight excluding hydrogens is 262 g/mol. The maximum Gasteiger partial charge on any atom is 0.253 e. The number of hydrogen-bond acceptors (Lipinski definition) is 3. The SMILES string of the molecule is CN(Cc1ccccc1)C(=O)c1ccc2c(c1)NCCN2. The molecule has 0 unspecified atom stereocenters. The number of rotatable bonds is 3. The van der Waals surface area contributed by atoms with Gasteiger partial charge in [0.1, 0.15) is 0 Å². The van der Waals surface area contributed by atoms with Crippen LogP contribution in [-0.2, 0) is 6.54 Å². The van der Waals surface area contributed by atoms with E-state index < -0.39 is 0 Å². The molecule has 0 atom stereocenters. The van der Waals surface area contributed by atoms with E-state index >= 15 is 0 Å². The van der Waals surface area contributed by atoms with Crippen LogP contribution < -0.4 is 10.6 Å². The first-order valence-corrected chi connectivity index (χ1v) is 7.15. The second-order valence-corrected chi connectivity index (χ2v) is 5.26. The van der Waals surface area contributed by atoms with Crippen LogP contribution in [0.1, 0.15) is 15.9 Å². The zero-order valence-electron chi connectivity index (χ0n) is 12.1. The van der Waals surface area contributed by atoms with Crippen LogP contribution in [0.5, 0.6) is 0 Å². The van der Waals surface area contributed by atoms with Gasteiger partial charge in [-0.2, -0.15) is 0 Å². The molecule has 3 rings (SSSR count). The summed E-state index contributed by atoms with van der Waals surface area (Å²) in [4.78, 5) is 14.3. The predicted molar refractivity (Wildman–Crippen MR) is 85.7 cm³/mol. The minimum absolute atomic E-state index is 0.0361. The fourth-order valence-corrected chi connectivity index (χ4v) is 2.52. The Kier molecular flexibility index (Phi) is 3.77. The van der Waals surface area contributed by atoms with E-state index in [1.54, 1.807) is 4.90 Å². The molecule has 108 valence electrons. The number of hydrogen-bond donors (Lipinski definition) is 2. The van der Waals surface area contributed by atoms with Gasteiger partial charge >= 0.3 is 0 Å². The number of nitrogens with one attached hydrogen (secondary N) is 2. The van der Waals surface area contributed by atoms with Crippen LogP contribution in [0.3, 0.4) is 0 Å². The Bertz CT molecular complexity index is 640. The van der Waals surface area contributed by atoms with Gasteiger partial charge in [0.2, 0.25) is 0 Å². The van der Waals surface area contributed by atoms with E-state index in [1.165, 1.54) is 0 Å². The number of benzene rings is 2. The summed E-state index contributed by atoms with van der Waals surface area (Å²) < 4.78 is 0. The summed E-state index contributed by atoms with van der Waals surface area (Å²) in [6.07, 6.45) is 0. The lowest BCUT2D eigenvalue weighted by Gasteiger charge is -2.22. The fourth-order valence-electron chi connectivity index (χ4n) is 2.52. The zero-order chi connectivity index (χ0) is 14.7. The van der Waals surface area contributed by atoms with Gasteiger partial charge in [0.25, 0.3) is 5.91 Å². The minimum atomic E-state index is 0.0361. The molecular formula is C17H19N3O. The average molecular weight is 281 g/mol. The monoisotopic (exact) mass is 281 g/mol. The van der Waals surface area contributed by atoms with Gasteiger partial charge < -0.3 is 15.5 Å². The van der Waals surface area contributed by atoms with Crippen LogP contribution in [0.25, 0.3) is 0 Å². The smallest absolute Gasteiger partial charge is 0.253 e. The normalized spacial score (nSPS) is 12.8. The number of fused-ring (bicyclic) bond motifs is 1. The first-order chi connectivity index (χ1) is 10.2. The topological polar surface area (TPSA) is 44.4 Å². The van der Waals surface area contributed by atoms with Crippen LogP contribution in [0.4, 0.5) is 11.4 Å². The number of anilines is 2. The van der Waals surface area contributed by atoms with Crippen molar-refractivity contribution in [3.63, 3.8) is 0 Å². The maximum absolute atomic E-state index is 12.5. The highest BCUT2D eigenvalue weighted by molar-refractivity contribution is 5.96. The lowest BCUT2D eigenvalue weighted by atomic mass is 10.1. The number of carbonyl (C=O) groups excluding carboxylic acids is 1. The van der Waals surface area contributed by atoms with Crippen molar-refractivity contribution in [3.8, 4) is 0 Å². The number of nitrogens with zero attached hydrogens (tertiary/aromatic N) is 1. The fraction of sp³-hybridized carbons (Fsp3) is 0.235. The molecule has 0 aliphatic carbocycles. The summed E-state index contributed by atoms with van der Waals surface area (Å²) in [5.41, 5.74) is 3.90. The van der Waals surface area contributed by atoms with Gasteiger partial charge in [0, 0.05) is 32.2 Å². The van der Waals surface area contributed by atoms with Gasteiger partial charge in [-0.3, -0.25) is 4.79 Å². The largest absolute Gasteiger partial charge is 0.382 e. The second-order valence-electron chi connectivity index (χ2n) is 5.26. The molecule has 0 aromatic heterocycles. The molecule has 0 bridgehead atoms. The Morgan fingerprint density at radius 1 is 1.05 bits per heavy atom. The Morgan fingerprint density at radius 2 is 1.76 bits per heavy atom. The number of carbonyl (C=O) groups is 1. The van der Waals surface area contributed by atoms with Crippen molar-refractivity contribution in [1.82, 2.24) is 4.90 Å². The quantitative estimate of drug-likeness (QED) is 0.909. The third-order valence-corrected chi connectivity index (χ3v) is 3.63. The third kappa shape index (κ3) is 2.99. The molecule has 4 nitrogen and oxygen atoms in total. The molecule has 2 N–H and O–H groups in total. The zero-order valence-corrected chi connectivity index (χ0v) is 12.1. The summed E-state index contributed by atoms with van der Waals surface area (Å²) in [5.74, 6) is 0.0361. The summed E-state index contributed by atoms with van der Waals surface area (Å²) in [6, 6.07) is 15.8. The summed E-state index contributed by atoms with van der Waals surface area (Å²) >= 11 is 0. The molecule has 0 saturated carbocycles. The summed E-state index contributed by atoms with van der Waals surface area (Å²) in [7, 11) is 1.83. The molecule has 2 aromatic carbocycles. The van der Waals surface area contributed by atoms with E-state index in [-0.39, 0.29) is 5.91 Å². The van der Waals surface area contributed by atoms with Crippen molar-refractivity contribution < 1.29 is 4.79 Å². The molecule has 1 aliphatic rings. The van der Waals surface area contributed by atoms with E-state index in [2.05, 4.69) is 10.6 Å². The first-order valence-electron chi connectivity index (χ1n) is 7.15. The van der Waals surface area contributed by atoms with Crippen molar-refractivity contribution in [2.75, 3.05) is 30.8 Å². The molecule has 4 heteroatoms. The molecule has 0 fully saturated rings. The van der Waals surface area contributed by atoms with Gasteiger partial charge in [-0.05, 0) is 23.8 Å². The summed E-state index contributed by atoms with van der Waals surface area (Å²) in [5, 5.41) is 6.62. The molecule has 0 radical (unpaired) electrons. The van der Waals surface area contributed by atoms with Gasteiger partial charge in [-0.15, -0.1) is 0 Å². The molecule has 21 heavy (non-hydrogen) atoms. The van der Waals surface area contributed by atoms with E-state index in [0.717, 1.165) is 30.0 Å². The number of amides is 1. The van der Waals surface area contributed by atoms with Crippen LogP contribution in [0, 0.1) is 0 Å². The molecule has 1 amide bonds.